The van der Waals surface area contributed by atoms with E-state index in [0.29, 0.717) is 22.3 Å². The first kappa shape index (κ1) is 25.2. The normalized spacial score (nSPS) is 22.1. The van der Waals surface area contributed by atoms with Crippen LogP contribution in [0.15, 0.2) is 29.4 Å². The summed E-state index contributed by atoms with van der Waals surface area (Å²) in [6.07, 6.45) is 8.04. The number of thiophene rings is 1. The maximum atomic E-state index is 12.8. The Labute approximate surface area is 211 Å². The molecule has 1 aromatic carbocycles. The Kier molecular flexibility index (Phi) is 8.11. The van der Waals surface area contributed by atoms with Gasteiger partial charge in [-0.15, -0.1) is 11.3 Å². The number of fused-ring (bicyclic) bond motifs is 1. The highest BCUT2D eigenvalue weighted by Crippen LogP contribution is 2.32. The van der Waals surface area contributed by atoms with Crippen LogP contribution in [-0.4, -0.2) is 48.7 Å². The van der Waals surface area contributed by atoms with E-state index >= 15 is 0 Å². The Balaban J connectivity index is 1.34. The topological polar surface area (TPSA) is 80.2 Å². The molecule has 1 aliphatic carbocycles. The van der Waals surface area contributed by atoms with Crippen molar-refractivity contribution in [3.8, 4) is 11.5 Å². The number of likely N-dealkylation sites (tertiary alicyclic amines) is 1. The van der Waals surface area contributed by atoms with Crippen LogP contribution in [0.25, 0.3) is 0 Å². The molecule has 1 aliphatic heterocycles. The summed E-state index contributed by atoms with van der Waals surface area (Å²) >= 11 is 1.56. The lowest BCUT2D eigenvalue weighted by Crippen LogP contribution is -2.49. The van der Waals surface area contributed by atoms with Crippen molar-refractivity contribution in [2.45, 2.75) is 71.4 Å². The molecule has 2 aliphatic rings. The molecule has 0 spiro atoms. The number of hydrazone groups is 1. The van der Waals surface area contributed by atoms with Gasteiger partial charge in [0.15, 0.2) is 18.1 Å². The summed E-state index contributed by atoms with van der Waals surface area (Å²) in [6.45, 7) is 6.41. The number of ether oxygens (including phenoxy) is 2. The van der Waals surface area contributed by atoms with E-state index in [-0.39, 0.29) is 30.5 Å². The fourth-order valence-corrected chi connectivity index (χ4v) is 6.15. The standard InChI is InChI=1S/C27H35N3O4S/c1-17-8-11-24-21(12-17)14-25(35-24)27(32)29-28-15-20-9-10-22(23(13-20)33-4)34-16-26(31)30-18(2)6-5-7-19(30)3/h9-10,13-15,17-19H,5-8,11-12,16H2,1-4H3,(H,29,32)/b28-15-/t17-,18+,19+/m1/s1. The first-order valence-corrected chi connectivity index (χ1v) is 13.2. The zero-order valence-corrected chi connectivity index (χ0v) is 21.8. The predicted molar refractivity (Wildman–Crippen MR) is 139 cm³/mol. The molecule has 8 heteroatoms. The largest absolute Gasteiger partial charge is 0.493 e. The van der Waals surface area contributed by atoms with E-state index in [4.69, 9.17) is 9.47 Å². The number of amides is 2. The van der Waals surface area contributed by atoms with Crippen LogP contribution >= 0.6 is 11.3 Å². The van der Waals surface area contributed by atoms with Gasteiger partial charge in [0, 0.05) is 17.0 Å². The fraction of sp³-hybridized carbons (Fsp3) is 0.519. The molecule has 2 amide bonds. The molecule has 4 rings (SSSR count). The quantitative estimate of drug-likeness (QED) is 0.440. The van der Waals surface area contributed by atoms with E-state index in [9.17, 15) is 9.59 Å². The molecule has 0 radical (unpaired) electrons. The molecule has 0 saturated carbocycles. The first-order chi connectivity index (χ1) is 16.9. The summed E-state index contributed by atoms with van der Waals surface area (Å²) in [4.78, 5) is 29.3. The number of hydrogen-bond donors (Lipinski definition) is 1. The van der Waals surface area contributed by atoms with E-state index in [0.717, 1.165) is 37.7 Å². The first-order valence-electron chi connectivity index (χ1n) is 12.4. The minimum Gasteiger partial charge on any atom is -0.493 e. The van der Waals surface area contributed by atoms with Crippen molar-refractivity contribution in [3.63, 3.8) is 0 Å². The van der Waals surface area contributed by atoms with Crippen LogP contribution in [0.1, 0.15) is 72.1 Å². The fourth-order valence-electron chi connectivity index (χ4n) is 5.05. The number of carbonyl (C=O) groups is 2. The zero-order valence-electron chi connectivity index (χ0n) is 21.0. The monoisotopic (exact) mass is 497 g/mol. The van der Waals surface area contributed by atoms with Crippen molar-refractivity contribution in [3.05, 3.63) is 45.1 Å². The lowest BCUT2D eigenvalue weighted by atomic mass is 9.90. The third kappa shape index (κ3) is 6.04. The molecule has 1 N–H and O–H groups in total. The van der Waals surface area contributed by atoms with Gasteiger partial charge in [-0.1, -0.05) is 6.92 Å². The van der Waals surface area contributed by atoms with Crippen LogP contribution in [0.2, 0.25) is 0 Å². The third-order valence-corrected chi connectivity index (χ3v) is 8.19. The molecule has 1 aromatic heterocycles. The number of benzene rings is 1. The molecule has 1 fully saturated rings. The molecule has 3 atom stereocenters. The summed E-state index contributed by atoms with van der Waals surface area (Å²) in [5.74, 6) is 1.47. The van der Waals surface area contributed by atoms with Crippen LogP contribution in [0.4, 0.5) is 0 Å². The van der Waals surface area contributed by atoms with Gasteiger partial charge in [-0.3, -0.25) is 9.59 Å². The number of carbonyl (C=O) groups excluding carboxylic acids is 2. The van der Waals surface area contributed by atoms with Crippen molar-refractivity contribution in [2.75, 3.05) is 13.7 Å². The van der Waals surface area contributed by atoms with Crippen LogP contribution in [0.5, 0.6) is 11.5 Å². The van der Waals surface area contributed by atoms with E-state index in [1.54, 1.807) is 36.8 Å². The average Bonchev–Trinajstić information content (AvgIpc) is 3.26. The Hall–Kier alpha value is -2.87. The molecule has 2 aromatic rings. The van der Waals surface area contributed by atoms with E-state index in [1.807, 2.05) is 17.0 Å². The van der Waals surface area contributed by atoms with Crippen LogP contribution in [0.3, 0.4) is 0 Å². The summed E-state index contributed by atoms with van der Waals surface area (Å²) < 4.78 is 11.3. The van der Waals surface area contributed by atoms with Gasteiger partial charge in [-0.2, -0.15) is 5.10 Å². The molecule has 7 nitrogen and oxygen atoms in total. The van der Waals surface area contributed by atoms with E-state index in [1.165, 1.54) is 16.9 Å². The van der Waals surface area contributed by atoms with Gasteiger partial charge in [-0.25, -0.2) is 5.43 Å². The number of aryl methyl sites for hydroxylation is 1. The molecule has 2 heterocycles. The number of rotatable bonds is 7. The Morgan fingerprint density at radius 1 is 1.14 bits per heavy atom. The van der Waals surface area contributed by atoms with Gasteiger partial charge in [-0.05, 0) is 93.7 Å². The summed E-state index contributed by atoms with van der Waals surface area (Å²) in [6, 6.07) is 7.81. The highest BCUT2D eigenvalue weighted by molar-refractivity contribution is 7.14. The SMILES string of the molecule is COc1cc(/C=N\NC(=O)c2cc3c(s2)CC[C@@H](C)C3)ccc1OCC(=O)N1[C@@H](C)CCC[C@@H]1C. The molecular weight excluding hydrogens is 462 g/mol. The second-order valence-corrected chi connectivity index (χ2v) is 10.9. The minimum absolute atomic E-state index is 0.00943. The van der Waals surface area contributed by atoms with Gasteiger partial charge in [0.05, 0.1) is 18.2 Å². The second-order valence-electron chi connectivity index (χ2n) is 9.74. The third-order valence-electron chi connectivity index (χ3n) is 6.95. The number of hydrogen-bond acceptors (Lipinski definition) is 6. The van der Waals surface area contributed by atoms with Crippen molar-refractivity contribution in [1.29, 1.82) is 0 Å². The molecule has 1 saturated heterocycles. The summed E-state index contributed by atoms with van der Waals surface area (Å²) in [7, 11) is 1.56. The van der Waals surface area contributed by atoms with Gasteiger partial charge < -0.3 is 14.4 Å². The number of methoxy groups -OCH3 is 1. The average molecular weight is 498 g/mol. The molecular formula is C27H35N3O4S. The summed E-state index contributed by atoms with van der Waals surface area (Å²) in [5.41, 5.74) is 4.67. The zero-order chi connectivity index (χ0) is 24.9. The van der Waals surface area contributed by atoms with Gasteiger partial charge in [0.2, 0.25) is 0 Å². The highest BCUT2D eigenvalue weighted by Gasteiger charge is 2.29. The second kappa shape index (κ2) is 11.2. The number of nitrogens with one attached hydrogen (secondary N) is 1. The van der Waals surface area contributed by atoms with Gasteiger partial charge in [0.25, 0.3) is 11.8 Å². The molecule has 35 heavy (non-hydrogen) atoms. The van der Waals surface area contributed by atoms with Crippen molar-refractivity contribution in [2.24, 2.45) is 11.0 Å². The van der Waals surface area contributed by atoms with Gasteiger partial charge >= 0.3 is 0 Å². The number of piperidine rings is 1. The Bertz CT molecular complexity index is 1090. The summed E-state index contributed by atoms with van der Waals surface area (Å²) in [5, 5.41) is 4.12. The van der Waals surface area contributed by atoms with E-state index < -0.39 is 0 Å². The Morgan fingerprint density at radius 3 is 2.66 bits per heavy atom. The smallest absolute Gasteiger partial charge is 0.281 e. The maximum absolute atomic E-state index is 12.8. The predicted octanol–water partition coefficient (Wildman–Crippen LogP) is 4.81. The van der Waals surface area contributed by atoms with Crippen molar-refractivity contribution >= 4 is 29.4 Å². The van der Waals surface area contributed by atoms with Crippen molar-refractivity contribution < 1.29 is 19.1 Å². The van der Waals surface area contributed by atoms with Gasteiger partial charge in [0.1, 0.15) is 0 Å². The molecule has 0 bridgehead atoms. The lowest BCUT2D eigenvalue weighted by Gasteiger charge is -2.39. The highest BCUT2D eigenvalue weighted by atomic mass is 32.1. The lowest BCUT2D eigenvalue weighted by molar-refractivity contribution is -0.139. The molecule has 0 unspecified atom stereocenters. The van der Waals surface area contributed by atoms with Crippen molar-refractivity contribution in [1.82, 2.24) is 10.3 Å². The minimum atomic E-state index is -0.195. The van der Waals surface area contributed by atoms with Crippen LogP contribution in [-0.2, 0) is 17.6 Å². The van der Waals surface area contributed by atoms with Crippen LogP contribution < -0.4 is 14.9 Å². The van der Waals surface area contributed by atoms with E-state index in [2.05, 4.69) is 31.3 Å². The Morgan fingerprint density at radius 2 is 1.91 bits per heavy atom. The van der Waals surface area contributed by atoms with Crippen LogP contribution in [0, 0.1) is 5.92 Å². The maximum Gasteiger partial charge on any atom is 0.281 e. The number of nitrogens with zero attached hydrogens (tertiary/aromatic N) is 2. The molecule has 188 valence electrons.